The molecule has 3 fully saturated rings. The summed E-state index contributed by atoms with van der Waals surface area (Å²) in [5.41, 5.74) is 1.04. The van der Waals surface area contributed by atoms with Gasteiger partial charge in [-0.05, 0) is 56.1 Å². The van der Waals surface area contributed by atoms with E-state index in [0.29, 0.717) is 5.92 Å². The molecule has 2 atom stereocenters. The topological polar surface area (TPSA) is 60.8 Å². The van der Waals surface area contributed by atoms with Crippen molar-refractivity contribution in [2.45, 2.75) is 25.0 Å². The molecule has 2 N–H and O–H groups in total. The molecule has 1 aromatic carbocycles. The number of hydrogen-bond donors (Lipinski definition) is 2. The van der Waals surface area contributed by atoms with E-state index in [0.717, 1.165) is 31.5 Å². The molecule has 4 heteroatoms. The number of aromatic carboxylic acids is 1. The van der Waals surface area contributed by atoms with Crippen molar-refractivity contribution in [1.82, 2.24) is 4.90 Å². The fourth-order valence-electron chi connectivity index (χ4n) is 3.04. The summed E-state index contributed by atoms with van der Waals surface area (Å²) in [4.78, 5) is 13.0. The van der Waals surface area contributed by atoms with Crippen molar-refractivity contribution in [3.05, 3.63) is 35.4 Å². The molecule has 0 aliphatic carbocycles. The average molecular weight is 271 g/mol. The van der Waals surface area contributed by atoms with Gasteiger partial charge in [-0.3, -0.25) is 4.90 Å². The third-order valence-electron chi connectivity index (χ3n) is 4.27. The normalized spacial score (nSPS) is 31.4. The Balaban J connectivity index is 1.76. The van der Waals surface area contributed by atoms with Crippen molar-refractivity contribution >= 4 is 5.97 Å². The minimum Gasteiger partial charge on any atom is -0.478 e. The Morgan fingerprint density at radius 3 is 2.40 bits per heavy atom. The molecule has 4 nitrogen and oxygen atoms in total. The molecular formula is C16H17NO3. The molecule has 20 heavy (non-hydrogen) atoms. The number of aliphatic hydroxyl groups excluding tert-OH is 1. The van der Waals surface area contributed by atoms with E-state index in [1.54, 1.807) is 24.3 Å². The Hall–Kier alpha value is -1.83. The van der Waals surface area contributed by atoms with Gasteiger partial charge in [0.25, 0.3) is 0 Å². The first-order chi connectivity index (χ1) is 9.65. The van der Waals surface area contributed by atoms with Gasteiger partial charge in [0.05, 0.1) is 17.7 Å². The van der Waals surface area contributed by atoms with E-state index >= 15 is 0 Å². The molecule has 0 amide bonds. The van der Waals surface area contributed by atoms with E-state index < -0.39 is 5.97 Å². The maximum atomic E-state index is 10.8. The van der Waals surface area contributed by atoms with Crippen LogP contribution in [-0.2, 0) is 0 Å². The van der Waals surface area contributed by atoms with Gasteiger partial charge in [-0.2, -0.15) is 0 Å². The Labute approximate surface area is 118 Å². The molecule has 1 aromatic rings. The fraction of sp³-hybridized carbons (Fsp3) is 0.438. The minimum absolute atomic E-state index is 0.0818. The van der Waals surface area contributed by atoms with Crippen molar-refractivity contribution in [3.63, 3.8) is 0 Å². The zero-order chi connectivity index (χ0) is 14.1. The summed E-state index contributed by atoms with van der Waals surface area (Å²) in [6.45, 7) is 2.03. The predicted molar refractivity (Wildman–Crippen MR) is 74.4 cm³/mol. The SMILES string of the molecule is O=C(O)c1ccc(C#CC2C(O)C3CCN2CC3)cc1. The number of fused-ring (bicyclic) bond motifs is 3. The first-order valence-corrected chi connectivity index (χ1v) is 6.92. The summed E-state index contributed by atoms with van der Waals surface area (Å²) in [6.07, 6.45) is 1.77. The number of nitrogens with zero attached hydrogens (tertiary/aromatic N) is 1. The number of aliphatic hydroxyl groups is 1. The van der Waals surface area contributed by atoms with Crippen LogP contribution in [0.2, 0.25) is 0 Å². The van der Waals surface area contributed by atoms with Crippen LogP contribution in [0.4, 0.5) is 0 Å². The summed E-state index contributed by atoms with van der Waals surface area (Å²) in [6, 6.07) is 6.44. The molecule has 4 rings (SSSR count). The summed E-state index contributed by atoms with van der Waals surface area (Å²) in [5.74, 6) is 5.65. The van der Waals surface area contributed by atoms with Crippen molar-refractivity contribution < 1.29 is 15.0 Å². The number of carboxylic acids is 1. The third-order valence-corrected chi connectivity index (χ3v) is 4.27. The van der Waals surface area contributed by atoms with Gasteiger partial charge in [-0.1, -0.05) is 11.8 Å². The minimum atomic E-state index is -0.935. The lowest BCUT2D eigenvalue weighted by atomic mass is 9.81. The summed E-state index contributed by atoms with van der Waals surface area (Å²) < 4.78 is 0. The van der Waals surface area contributed by atoms with Crippen molar-refractivity contribution in [3.8, 4) is 11.8 Å². The fourth-order valence-corrected chi connectivity index (χ4v) is 3.04. The lowest BCUT2D eigenvalue weighted by Crippen LogP contribution is -2.57. The smallest absolute Gasteiger partial charge is 0.335 e. The summed E-state index contributed by atoms with van der Waals surface area (Å²) in [5, 5.41) is 19.1. The van der Waals surface area contributed by atoms with Crippen LogP contribution in [0.1, 0.15) is 28.8 Å². The molecule has 104 valence electrons. The van der Waals surface area contributed by atoms with Crippen LogP contribution in [0.25, 0.3) is 0 Å². The second-order valence-corrected chi connectivity index (χ2v) is 5.46. The van der Waals surface area contributed by atoms with Gasteiger partial charge in [-0.15, -0.1) is 0 Å². The monoisotopic (exact) mass is 271 g/mol. The highest BCUT2D eigenvalue weighted by atomic mass is 16.4. The van der Waals surface area contributed by atoms with Crippen molar-refractivity contribution in [2.75, 3.05) is 13.1 Å². The molecule has 2 bridgehead atoms. The van der Waals surface area contributed by atoms with Crippen molar-refractivity contribution in [2.24, 2.45) is 5.92 Å². The number of rotatable bonds is 1. The zero-order valence-corrected chi connectivity index (χ0v) is 11.1. The first kappa shape index (κ1) is 13.2. The molecule has 0 aromatic heterocycles. The number of hydrogen-bond acceptors (Lipinski definition) is 3. The third kappa shape index (κ3) is 2.43. The van der Waals surface area contributed by atoms with E-state index in [2.05, 4.69) is 16.7 Å². The molecule has 3 saturated heterocycles. The molecular weight excluding hydrogens is 254 g/mol. The van der Waals surface area contributed by atoms with Gasteiger partial charge in [0, 0.05) is 5.56 Å². The second-order valence-electron chi connectivity index (χ2n) is 5.46. The van der Waals surface area contributed by atoms with Crippen LogP contribution in [0.15, 0.2) is 24.3 Å². The largest absolute Gasteiger partial charge is 0.478 e. The highest BCUT2D eigenvalue weighted by Crippen LogP contribution is 2.31. The highest BCUT2D eigenvalue weighted by molar-refractivity contribution is 5.87. The van der Waals surface area contributed by atoms with Gasteiger partial charge in [0.1, 0.15) is 0 Å². The van der Waals surface area contributed by atoms with Gasteiger partial charge < -0.3 is 10.2 Å². The van der Waals surface area contributed by atoms with Crippen LogP contribution in [0, 0.1) is 17.8 Å². The van der Waals surface area contributed by atoms with Crippen LogP contribution >= 0.6 is 0 Å². The molecule has 0 saturated carbocycles. The first-order valence-electron chi connectivity index (χ1n) is 6.92. The van der Waals surface area contributed by atoms with E-state index in [1.807, 2.05) is 0 Å². The average Bonchev–Trinajstić information content (AvgIpc) is 2.48. The Morgan fingerprint density at radius 1 is 1.20 bits per heavy atom. The quantitative estimate of drug-likeness (QED) is 0.753. The standard InChI is InChI=1S/C16H17NO3/c18-15-12-7-9-17(10-8-12)14(15)6-3-11-1-4-13(5-2-11)16(19)20/h1-2,4-5,12,14-15,18H,7-10H2,(H,19,20). The zero-order valence-electron chi connectivity index (χ0n) is 11.1. The molecule has 0 spiro atoms. The Kier molecular flexibility index (Phi) is 3.47. The second kappa shape index (κ2) is 5.28. The van der Waals surface area contributed by atoms with E-state index in [-0.39, 0.29) is 17.7 Å². The van der Waals surface area contributed by atoms with E-state index in [1.165, 1.54) is 0 Å². The van der Waals surface area contributed by atoms with Crippen LogP contribution in [-0.4, -0.2) is 46.3 Å². The van der Waals surface area contributed by atoms with Crippen molar-refractivity contribution in [1.29, 1.82) is 0 Å². The molecule has 2 unspecified atom stereocenters. The van der Waals surface area contributed by atoms with E-state index in [4.69, 9.17) is 5.11 Å². The Bertz CT molecular complexity index is 560. The summed E-state index contributed by atoms with van der Waals surface area (Å²) >= 11 is 0. The summed E-state index contributed by atoms with van der Waals surface area (Å²) in [7, 11) is 0. The van der Waals surface area contributed by atoms with Gasteiger partial charge in [-0.25, -0.2) is 4.79 Å². The number of piperidine rings is 3. The van der Waals surface area contributed by atoms with Gasteiger partial charge in [0.2, 0.25) is 0 Å². The lowest BCUT2D eigenvalue weighted by molar-refractivity contribution is -0.0500. The Morgan fingerprint density at radius 2 is 1.85 bits per heavy atom. The number of carbonyl (C=O) groups is 1. The lowest BCUT2D eigenvalue weighted by Gasteiger charge is -2.46. The number of carboxylic acid groups (broad SMARTS) is 1. The predicted octanol–water partition coefficient (Wildman–Crippen LogP) is 1.19. The van der Waals surface area contributed by atoms with Crippen LogP contribution < -0.4 is 0 Å². The van der Waals surface area contributed by atoms with Crippen LogP contribution in [0.5, 0.6) is 0 Å². The van der Waals surface area contributed by atoms with Gasteiger partial charge >= 0.3 is 5.97 Å². The highest BCUT2D eigenvalue weighted by Gasteiger charge is 2.40. The maximum Gasteiger partial charge on any atom is 0.335 e. The number of benzene rings is 1. The molecule has 3 heterocycles. The molecule has 3 aliphatic rings. The maximum absolute atomic E-state index is 10.8. The van der Waals surface area contributed by atoms with Gasteiger partial charge in [0.15, 0.2) is 0 Å². The van der Waals surface area contributed by atoms with Crippen LogP contribution in [0.3, 0.4) is 0 Å². The van der Waals surface area contributed by atoms with E-state index in [9.17, 15) is 9.90 Å². The molecule has 3 aliphatic heterocycles. The molecule has 0 radical (unpaired) electrons.